The number of aryl methyl sites for hydroxylation is 1. The zero-order valence-electron chi connectivity index (χ0n) is 10.4. The summed E-state index contributed by atoms with van der Waals surface area (Å²) in [6, 6.07) is 4.43. The van der Waals surface area contributed by atoms with Gasteiger partial charge in [0.15, 0.2) is 0 Å². The summed E-state index contributed by atoms with van der Waals surface area (Å²) in [5.74, 6) is -0.817. The SMILES string of the molecule is CCCn1cc(Br)cc1C(=O)Nc1ccc(F)nc1. The van der Waals surface area contributed by atoms with Crippen LogP contribution in [0.3, 0.4) is 0 Å². The van der Waals surface area contributed by atoms with Crippen molar-refractivity contribution >= 4 is 27.5 Å². The fraction of sp³-hybridized carbons (Fsp3) is 0.231. The van der Waals surface area contributed by atoms with Gasteiger partial charge in [0.25, 0.3) is 5.91 Å². The highest BCUT2D eigenvalue weighted by molar-refractivity contribution is 9.10. The molecule has 1 N–H and O–H groups in total. The van der Waals surface area contributed by atoms with Crippen molar-refractivity contribution in [2.45, 2.75) is 19.9 Å². The maximum Gasteiger partial charge on any atom is 0.272 e. The van der Waals surface area contributed by atoms with Crippen molar-refractivity contribution in [2.24, 2.45) is 0 Å². The molecule has 0 radical (unpaired) electrons. The number of hydrogen-bond acceptors (Lipinski definition) is 2. The number of anilines is 1. The third-order valence-corrected chi connectivity index (χ3v) is 2.98. The van der Waals surface area contributed by atoms with E-state index in [0.717, 1.165) is 17.4 Å². The van der Waals surface area contributed by atoms with Gasteiger partial charge in [-0.05, 0) is 40.5 Å². The van der Waals surface area contributed by atoms with Crippen LogP contribution in [0.5, 0.6) is 0 Å². The van der Waals surface area contributed by atoms with Gasteiger partial charge in [0, 0.05) is 17.2 Å². The largest absolute Gasteiger partial charge is 0.342 e. The molecule has 19 heavy (non-hydrogen) atoms. The maximum atomic E-state index is 12.7. The number of nitrogens with one attached hydrogen (secondary N) is 1. The molecule has 0 saturated heterocycles. The lowest BCUT2D eigenvalue weighted by Gasteiger charge is -2.08. The average molecular weight is 326 g/mol. The van der Waals surface area contributed by atoms with Crippen molar-refractivity contribution in [3.8, 4) is 0 Å². The van der Waals surface area contributed by atoms with Crippen LogP contribution in [0.25, 0.3) is 0 Å². The number of rotatable bonds is 4. The Kier molecular flexibility index (Phi) is 4.31. The van der Waals surface area contributed by atoms with E-state index in [2.05, 4.69) is 26.2 Å². The zero-order valence-corrected chi connectivity index (χ0v) is 11.9. The van der Waals surface area contributed by atoms with E-state index < -0.39 is 5.95 Å². The van der Waals surface area contributed by atoms with E-state index in [0.29, 0.717) is 11.4 Å². The average Bonchev–Trinajstić information content (AvgIpc) is 2.74. The van der Waals surface area contributed by atoms with Gasteiger partial charge in [0.1, 0.15) is 5.69 Å². The first-order valence-corrected chi connectivity index (χ1v) is 6.68. The van der Waals surface area contributed by atoms with Gasteiger partial charge in [-0.3, -0.25) is 4.79 Å². The van der Waals surface area contributed by atoms with Crippen molar-refractivity contribution in [1.29, 1.82) is 0 Å². The predicted octanol–water partition coefficient (Wildman–Crippen LogP) is 3.45. The van der Waals surface area contributed by atoms with Crippen LogP contribution >= 0.6 is 15.9 Å². The molecule has 0 saturated carbocycles. The number of amides is 1. The van der Waals surface area contributed by atoms with E-state index in [-0.39, 0.29) is 5.91 Å². The lowest BCUT2D eigenvalue weighted by atomic mass is 10.3. The minimum absolute atomic E-state index is 0.243. The zero-order chi connectivity index (χ0) is 13.8. The number of carbonyl (C=O) groups excluding carboxylic acids is 1. The predicted molar refractivity (Wildman–Crippen MR) is 74.6 cm³/mol. The molecule has 2 heterocycles. The molecular weight excluding hydrogens is 313 g/mol. The van der Waals surface area contributed by atoms with Crippen molar-refractivity contribution in [1.82, 2.24) is 9.55 Å². The molecule has 6 heteroatoms. The smallest absolute Gasteiger partial charge is 0.272 e. The molecule has 2 aromatic rings. The molecule has 0 aromatic carbocycles. The lowest BCUT2D eigenvalue weighted by molar-refractivity contribution is 0.101. The van der Waals surface area contributed by atoms with Gasteiger partial charge >= 0.3 is 0 Å². The molecule has 4 nitrogen and oxygen atoms in total. The van der Waals surface area contributed by atoms with Gasteiger partial charge in [0.2, 0.25) is 5.95 Å². The van der Waals surface area contributed by atoms with Crippen LogP contribution in [-0.4, -0.2) is 15.5 Å². The summed E-state index contributed by atoms with van der Waals surface area (Å²) in [6.45, 7) is 2.80. The molecule has 2 aromatic heterocycles. The van der Waals surface area contributed by atoms with Gasteiger partial charge in [0.05, 0.1) is 11.9 Å². The number of carbonyl (C=O) groups is 1. The van der Waals surface area contributed by atoms with Gasteiger partial charge in [-0.25, -0.2) is 4.98 Å². The van der Waals surface area contributed by atoms with Crippen LogP contribution in [0.15, 0.2) is 35.1 Å². The van der Waals surface area contributed by atoms with E-state index in [4.69, 9.17) is 0 Å². The minimum Gasteiger partial charge on any atom is -0.342 e. The third-order valence-electron chi connectivity index (χ3n) is 2.55. The standard InChI is InChI=1S/C13H13BrFN3O/c1-2-5-18-8-9(14)6-11(18)13(19)17-10-3-4-12(15)16-7-10/h3-4,6-8H,2,5H2,1H3,(H,17,19). The van der Waals surface area contributed by atoms with Crippen molar-refractivity contribution in [3.05, 3.63) is 46.7 Å². The van der Waals surface area contributed by atoms with E-state index in [1.165, 1.54) is 18.3 Å². The summed E-state index contributed by atoms with van der Waals surface area (Å²) in [7, 11) is 0. The minimum atomic E-state index is -0.574. The Bertz CT molecular complexity index is 580. The van der Waals surface area contributed by atoms with Gasteiger partial charge in [-0.1, -0.05) is 6.92 Å². The van der Waals surface area contributed by atoms with Crippen molar-refractivity contribution in [3.63, 3.8) is 0 Å². The molecule has 2 rings (SSSR count). The molecule has 0 spiro atoms. The fourth-order valence-electron chi connectivity index (χ4n) is 1.74. The molecule has 0 fully saturated rings. The summed E-state index contributed by atoms with van der Waals surface area (Å²) in [5.41, 5.74) is 1.02. The molecular formula is C13H13BrFN3O. The second-order valence-corrected chi connectivity index (χ2v) is 4.98. The van der Waals surface area contributed by atoms with Crippen LogP contribution in [-0.2, 0) is 6.54 Å². The van der Waals surface area contributed by atoms with Crippen molar-refractivity contribution < 1.29 is 9.18 Å². The van der Waals surface area contributed by atoms with E-state index in [1.807, 2.05) is 17.7 Å². The van der Waals surface area contributed by atoms with Gasteiger partial charge in [-0.2, -0.15) is 4.39 Å². The molecule has 100 valence electrons. The number of aromatic nitrogens is 2. The summed E-state index contributed by atoms with van der Waals surface area (Å²) in [5, 5.41) is 2.69. The highest BCUT2D eigenvalue weighted by Gasteiger charge is 2.13. The number of nitrogens with zero attached hydrogens (tertiary/aromatic N) is 2. The number of hydrogen-bond donors (Lipinski definition) is 1. The first-order chi connectivity index (χ1) is 9.10. The summed E-state index contributed by atoms with van der Waals surface area (Å²) < 4.78 is 15.4. The number of halogens is 2. The van der Waals surface area contributed by atoms with Crippen LogP contribution in [0.1, 0.15) is 23.8 Å². The van der Waals surface area contributed by atoms with E-state index >= 15 is 0 Å². The molecule has 1 amide bonds. The molecule has 0 bridgehead atoms. The van der Waals surface area contributed by atoms with E-state index in [9.17, 15) is 9.18 Å². The Morgan fingerprint density at radius 2 is 2.32 bits per heavy atom. The normalized spacial score (nSPS) is 10.5. The second kappa shape index (κ2) is 5.97. The Morgan fingerprint density at radius 1 is 1.53 bits per heavy atom. The highest BCUT2D eigenvalue weighted by Crippen LogP contribution is 2.17. The Balaban J connectivity index is 2.17. The molecule has 0 atom stereocenters. The second-order valence-electron chi connectivity index (χ2n) is 4.06. The van der Waals surface area contributed by atoms with Gasteiger partial charge in [-0.15, -0.1) is 0 Å². The Hall–Kier alpha value is -1.69. The first kappa shape index (κ1) is 13.7. The van der Waals surface area contributed by atoms with Crippen LogP contribution < -0.4 is 5.32 Å². The topological polar surface area (TPSA) is 46.9 Å². The Labute approximate surface area is 118 Å². The van der Waals surface area contributed by atoms with Crippen LogP contribution in [0.4, 0.5) is 10.1 Å². The van der Waals surface area contributed by atoms with Crippen molar-refractivity contribution in [2.75, 3.05) is 5.32 Å². The highest BCUT2D eigenvalue weighted by atomic mass is 79.9. The van der Waals surface area contributed by atoms with Crippen LogP contribution in [0.2, 0.25) is 0 Å². The van der Waals surface area contributed by atoms with Gasteiger partial charge < -0.3 is 9.88 Å². The first-order valence-electron chi connectivity index (χ1n) is 5.88. The molecule has 0 unspecified atom stereocenters. The fourth-order valence-corrected chi connectivity index (χ4v) is 2.20. The summed E-state index contributed by atoms with van der Waals surface area (Å²) >= 11 is 3.35. The Morgan fingerprint density at radius 3 is 2.95 bits per heavy atom. The monoisotopic (exact) mass is 325 g/mol. The lowest BCUT2D eigenvalue weighted by Crippen LogP contribution is -2.16. The molecule has 0 aliphatic carbocycles. The summed E-state index contributed by atoms with van der Waals surface area (Å²) in [6.07, 6.45) is 4.08. The number of pyridine rings is 1. The van der Waals surface area contributed by atoms with E-state index in [1.54, 1.807) is 6.07 Å². The molecule has 0 aliphatic rings. The summed E-state index contributed by atoms with van der Waals surface area (Å²) in [4.78, 5) is 15.6. The van der Waals surface area contributed by atoms with Crippen LogP contribution in [0, 0.1) is 5.95 Å². The quantitative estimate of drug-likeness (QED) is 0.875. The third kappa shape index (κ3) is 3.41. The molecule has 0 aliphatic heterocycles. The maximum absolute atomic E-state index is 12.7.